The van der Waals surface area contributed by atoms with Gasteiger partial charge in [-0.05, 0) is 109 Å². The van der Waals surface area contributed by atoms with Crippen molar-refractivity contribution in [3.63, 3.8) is 0 Å². The van der Waals surface area contributed by atoms with Gasteiger partial charge in [-0.2, -0.15) is 0 Å². The molecule has 568 valence electrons. The number of carbonyl (C=O) groups excluding carboxylic acids is 1. The second-order valence-electron chi connectivity index (χ2n) is 28.6. The zero-order valence-electron chi connectivity index (χ0n) is 64.8. The minimum atomic E-state index is 0. The monoisotopic (exact) mass is 1510 g/mol. The summed E-state index contributed by atoms with van der Waals surface area (Å²) < 4.78 is 26.6. The van der Waals surface area contributed by atoms with Crippen molar-refractivity contribution < 1.29 is 23.1 Å². The summed E-state index contributed by atoms with van der Waals surface area (Å²) in [7, 11) is 26.3. The minimum absolute atomic E-state index is 0. The summed E-state index contributed by atoms with van der Waals surface area (Å²) in [6.45, 7) is 0. The molecule has 0 aliphatic carbocycles. The number of aryl methyl sites for hydroxylation is 13. The highest BCUT2D eigenvalue weighted by Crippen LogP contribution is 2.41. The van der Waals surface area contributed by atoms with Crippen LogP contribution in [-0.2, 0) is 91.6 Å². The van der Waals surface area contributed by atoms with Crippen LogP contribution < -0.4 is 18.3 Å². The van der Waals surface area contributed by atoms with E-state index >= 15 is 0 Å². The van der Waals surface area contributed by atoms with E-state index in [4.69, 9.17) is 19.9 Å². The van der Waals surface area contributed by atoms with Crippen LogP contribution in [0.5, 0.6) is 0 Å². The van der Waals surface area contributed by atoms with Crippen molar-refractivity contribution in [2.24, 2.45) is 91.6 Å². The number of imidazole rings is 9. The lowest BCUT2D eigenvalue weighted by Crippen LogP contribution is -2.23. The summed E-state index contributed by atoms with van der Waals surface area (Å²) in [6.07, 6.45) is 56.1. The second kappa shape index (κ2) is 29.8. The second-order valence-corrected chi connectivity index (χ2v) is 28.6. The highest BCUT2D eigenvalue weighted by atomic mass is 16.1. The van der Waals surface area contributed by atoms with E-state index in [1.165, 1.54) is 6.20 Å². The van der Waals surface area contributed by atoms with Crippen molar-refractivity contribution in [3.05, 3.63) is 237 Å². The Labute approximate surface area is 655 Å². The van der Waals surface area contributed by atoms with Gasteiger partial charge in [0.1, 0.15) is 30.5 Å². The molecule has 4 aliphatic rings. The van der Waals surface area contributed by atoms with Gasteiger partial charge in [-0.3, -0.25) is 4.79 Å². The van der Waals surface area contributed by atoms with E-state index in [-0.39, 0.29) is 7.43 Å². The number of rotatable bonds is 9. The maximum atomic E-state index is 10.0. The molecule has 0 saturated carbocycles. The van der Waals surface area contributed by atoms with Crippen LogP contribution in [0.2, 0.25) is 0 Å². The Bertz CT molecular complexity index is 6160. The van der Waals surface area contributed by atoms with Crippen molar-refractivity contribution in [3.8, 4) is 90.1 Å². The first-order valence-electron chi connectivity index (χ1n) is 36.6. The average Bonchev–Trinajstić information content (AvgIpc) is 1.60. The van der Waals surface area contributed by atoms with E-state index in [1.54, 1.807) is 17.9 Å². The van der Waals surface area contributed by atoms with Crippen molar-refractivity contribution in [2.75, 3.05) is 0 Å². The summed E-state index contributed by atoms with van der Waals surface area (Å²) in [5.74, 6) is 0. The fourth-order valence-corrected chi connectivity index (χ4v) is 15.3. The van der Waals surface area contributed by atoms with Gasteiger partial charge >= 0.3 is 0 Å². The number of aromatic amines is 5. The van der Waals surface area contributed by atoms with Gasteiger partial charge in [0, 0.05) is 69.9 Å². The molecular formula is C86H87N27O+4. The van der Waals surface area contributed by atoms with Gasteiger partial charge in [-0.15, -0.1) is 0 Å². The van der Waals surface area contributed by atoms with Crippen molar-refractivity contribution >= 4 is 99.0 Å². The number of hydrogen-bond donors (Lipinski definition) is 5. The normalized spacial score (nSPS) is 11.9. The van der Waals surface area contributed by atoms with Gasteiger partial charge in [-0.1, -0.05) is 7.43 Å². The van der Waals surface area contributed by atoms with E-state index in [1.807, 2.05) is 149 Å². The van der Waals surface area contributed by atoms with Crippen molar-refractivity contribution in [1.29, 1.82) is 0 Å². The number of aldehydes is 1. The number of nitrogens with one attached hydrogen (secondary N) is 5. The van der Waals surface area contributed by atoms with Crippen LogP contribution in [0.3, 0.4) is 0 Å². The predicted molar refractivity (Wildman–Crippen MR) is 445 cm³/mol. The third kappa shape index (κ3) is 13.4. The molecule has 0 unspecified atom stereocenters. The predicted octanol–water partition coefficient (Wildman–Crippen LogP) is 12.1. The molecule has 28 heteroatoms. The Morgan fingerprint density at radius 3 is 0.649 bits per heavy atom. The smallest absolute Gasteiger partial charge is 0.243 e. The first kappa shape index (κ1) is 73.2. The first-order chi connectivity index (χ1) is 54.8. The van der Waals surface area contributed by atoms with Crippen LogP contribution in [0, 0.1) is 0 Å². The molecule has 0 radical (unpaired) electrons. The molecule has 0 amide bonds. The van der Waals surface area contributed by atoms with E-state index < -0.39 is 0 Å². The van der Waals surface area contributed by atoms with Gasteiger partial charge in [0.05, 0.1) is 254 Å². The minimum Gasteiger partial charge on any atom is -0.368 e. The first-order valence-corrected chi connectivity index (χ1v) is 36.6. The molecule has 0 fully saturated rings. The van der Waals surface area contributed by atoms with E-state index in [0.717, 1.165) is 186 Å². The van der Waals surface area contributed by atoms with Crippen molar-refractivity contribution in [2.45, 2.75) is 7.43 Å². The Hall–Kier alpha value is -15.0. The van der Waals surface area contributed by atoms with Crippen LogP contribution in [0.1, 0.15) is 63.5 Å². The molecular weight excluding hydrogens is 1430 g/mol. The molecule has 0 spiro atoms. The van der Waals surface area contributed by atoms with Crippen LogP contribution in [0.25, 0.3) is 183 Å². The summed E-state index contributed by atoms with van der Waals surface area (Å²) in [4.78, 5) is 71.0. The van der Waals surface area contributed by atoms with Crippen LogP contribution in [0.4, 0.5) is 0 Å². The molecule has 20 heterocycles. The SMILES string of the molecule is C.Cn1c[n+](C)cc1-c1c2nc(c(-c3c[n+](C)cn3C)c3ccc([nH]3)c(-c3c[n+](C)cn3C)c3nc(c(-c4c[n+](C)cn4C)c4ccc1[nH]4)C=C3)C=C2.Cn1cncc1-c1c2nc(c(-c3cncn3C)c3ccc([nH]3)c(-c3cncn3C)c3nc(c(-c4cncn4C)c4ccc1[nH]4)C=C3)C=C2.Cn1cncc1C=O.c1cc[nH]c1. The highest BCUT2D eigenvalue weighted by Gasteiger charge is 2.29. The van der Waals surface area contributed by atoms with Gasteiger partial charge in [0.2, 0.25) is 25.3 Å². The molecule has 16 aromatic heterocycles. The quantitative estimate of drug-likeness (QED) is 0.0673. The molecule has 0 atom stereocenters. The molecule has 0 aromatic carbocycles. The number of fused-ring (bicyclic) bond motifs is 16. The molecule has 114 heavy (non-hydrogen) atoms. The number of H-pyrrole nitrogens is 5. The number of nitrogens with zero attached hydrogens (tertiary/aromatic N) is 22. The Kier molecular flexibility index (Phi) is 19.1. The van der Waals surface area contributed by atoms with Gasteiger partial charge in [0.25, 0.3) is 0 Å². The summed E-state index contributed by atoms with van der Waals surface area (Å²) >= 11 is 0. The number of carbonyl (C=O) groups is 1. The number of hydrogen-bond acceptors (Lipinski definition) is 10. The fraction of sp³-hybridized carbons (Fsp3) is 0.163. The van der Waals surface area contributed by atoms with Crippen molar-refractivity contribution in [1.82, 2.24) is 111 Å². The summed E-state index contributed by atoms with van der Waals surface area (Å²) in [5.41, 5.74) is 30.6. The van der Waals surface area contributed by atoms with Crippen LogP contribution in [-0.4, -0.2) is 117 Å². The molecule has 4 aliphatic heterocycles. The molecule has 16 bridgehead atoms. The zero-order chi connectivity index (χ0) is 78.0. The Morgan fingerprint density at radius 1 is 0.289 bits per heavy atom. The lowest BCUT2D eigenvalue weighted by molar-refractivity contribution is -0.670. The largest absolute Gasteiger partial charge is 0.368 e. The van der Waals surface area contributed by atoms with E-state index in [9.17, 15) is 4.79 Å². The third-order valence-corrected chi connectivity index (χ3v) is 20.5. The third-order valence-electron chi connectivity index (χ3n) is 20.5. The van der Waals surface area contributed by atoms with Gasteiger partial charge in [-0.25, -0.2) is 81.4 Å². The molecule has 5 N–H and O–H groups in total. The molecule has 0 saturated heterocycles. The zero-order valence-corrected chi connectivity index (χ0v) is 64.8. The van der Waals surface area contributed by atoms with E-state index in [2.05, 4.69) is 262 Å². The van der Waals surface area contributed by atoms with Gasteiger partial charge in [0.15, 0.2) is 29.1 Å². The number of aromatic nitrogens is 27. The standard InChI is InChI=1S/C40H42N12.C36H30N12.C5H6N2O.C4H5N.CH4/c1-45-17-33(49(5)21-45)37-25-9-11-27(41-25)38(34-18-46(2)22-50(34)6)29-13-15-31(43-29)40(36-20-48(4)24-52(36)8)32-16-14-30(44-32)39(28-12-10-26(37)42-28)35-19-47(3)23-51(35)7;1-45-17-37-13-29(45)33-21-5-7-23(41-21)34(30-14-38-18-46(30)2)25-9-11-27(43-25)36(32-16-40-20-48(32)4)28-12-10-26(44-28)35(24-8-6-22(33)42-24)31-15-39-19-47(31)3;1-7-4-6-2-5(7)3-8;1-2-4-5-3-1;/h9-24,41,44H,1-8H3;5-20,41,44H,1-4H3;2-4H,1H3;1-5H;1H4/q+4;;;;. The lowest BCUT2D eigenvalue weighted by atomic mass is 10.1. The maximum absolute atomic E-state index is 10.0. The Balaban J connectivity index is 0.000000147. The summed E-state index contributed by atoms with van der Waals surface area (Å²) in [5, 5.41) is 0. The molecule has 20 rings (SSSR count). The molecule has 16 aromatic rings. The Morgan fingerprint density at radius 2 is 0.500 bits per heavy atom. The van der Waals surface area contributed by atoms with Gasteiger partial charge < -0.3 is 47.8 Å². The lowest BCUT2D eigenvalue weighted by Gasteiger charge is -2.07. The average molecular weight is 1510 g/mol. The highest BCUT2D eigenvalue weighted by molar-refractivity contribution is 6.01. The topological polar surface area (TPSA) is 272 Å². The summed E-state index contributed by atoms with van der Waals surface area (Å²) in [6, 6.07) is 20.9. The van der Waals surface area contributed by atoms with Crippen LogP contribution in [0.15, 0.2) is 186 Å². The fourth-order valence-electron chi connectivity index (χ4n) is 15.3. The van der Waals surface area contributed by atoms with Crippen LogP contribution >= 0.6 is 0 Å². The molecule has 28 nitrogen and oxygen atoms in total. The van der Waals surface area contributed by atoms with E-state index in [0.29, 0.717) is 5.69 Å². The maximum Gasteiger partial charge on any atom is 0.243 e.